The van der Waals surface area contributed by atoms with Crippen LogP contribution in [0.2, 0.25) is 0 Å². The molecule has 3 aromatic rings. The van der Waals surface area contributed by atoms with Crippen LogP contribution in [0.3, 0.4) is 0 Å². The summed E-state index contributed by atoms with van der Waals surface area (Å²) in [7, 11) is 0. The third-order valence-corrected chi connectivity index (χ3v) is 10.3. The van der Waals surface area contributed by atoms with Crippen molar-refractivity contribution in [3.63, 3.8) is 0 Å². The molecule has 3 heterocycles. The lowest BCUT2D eigenvalue weighted by Crippen LogP contribution is -2.34. The van der Waals surface area contributed by atoms with Gasteiger partial charge in [-0.3, -0.25) is 14.6 Å². The van der Waals surface area contributed by atoms with E-state index in [2.05, 4.69) is 73.1 Å². The summed E-state index contributed by atoms with van der Waals surface area (Å²) in [5, 5.41) is 9.30. The van der Waals surface area contributed by atoms with Crippen LogP contribution in [-0.4, -0.2) is 40.3 Å². The van der Waals surface area contributed by atoms with Crippen LogP contribution in [0.1, 0.15) is 86.9 Å². The molecular weight excluding hydrogens is 544 g/mol. The Morgan fingerprint density at radius 2 is 1.82 bits per heavy atom. The monoisotopic (exact) mass is 588 g/mol. The first-order valence-electron chi connectivity index (χ1n) is 16.3. The van der Waals surface area contributed by atoms with Crippen LogP contribution in [-0.2, 0) is 24.1 Å². The third-order valence-electron chi connectivity index (χ3n) is 10.3. The average molecular weight is 589 g/mol. The van der Waals surface area contributed by atoms with Gasteiger partial charge in [-0.1, -0.05) is 45.0 Å². The minimum Gasteiger partial charge on any atom is -0.328 e. The lowest BCUT2D eigenvalue weighted by Gasteiger charge is -2.34. The van der Waals surface area contributed by atoms with Crippen LogP contribution >= 0.6 is 0 Å². The number of nitrogens with one attached hydrogen (secondary N) is 1. The second-order valence-electron chi connectivity index (χ2n) is 14.2. The number of rotatable bonds is 8. The number of likely N-dealkylation sites (tertiary alicyclic amines) is 1. The number of hydrogen-bond donors (Lipinski definition) is 1. The number of aromatic nitrogens is 2. The van der Waals surface area contributed by atoms with Crippen molar-refractivity contribution in [2.24, 2.45) is 17.3 Å². The smallest absolute Gasteiger partial charge is 0.247 e. The van der Waals surface area contributed by atoms with E-state index < -0.39 is 0 Å². The Labute approximate surface area is 261 Å². The lowest BCUT2D eigenvalue weighted by atomic mass is 9.71. The number of pyridine rings is 2. The molecule has 0 bridgehead atoms. The molecule has 1 saturated heterocycles. The normalized spacial score (nSPS) is 19.5. The topological polar surface area (TPSA) is 89.8 Å². The zero-order chi connectivity index (χ0) is 30.8. The molecule has 0 radical (unpaired) electrons. The van der Waals surface area contributed by atoms with Crippen LogP contribution in [0.15, 0.2) is 59.0 Å². The van der Waals surface area contributed by atoms with E-state index in [9.17, 15) is 14.9 Å². The highest BCUT2D eigenvalue weighted by Crippen LogP contribution is 2.39. The molecular formula is C38H44N4O2. The zero-order valence-corrected chi connectivity index (χ0v) is 26.4. The maximum atomic E-state index is 13.9. The van der Waals surface area contributed by atoms with Crippen molar-refractivity contribution in [3.05, 3.63) is 92.7 Å². The molecule has 2 aromatic heterocycles. The van der Waals surface area contributed by atoms with E-state index in [1.165, 1.54) is 17.7 Å². The molecule has 1 aliphatic heterocycles. The van der Waals surface area contributed by atoms with Gasteiger partial charge < -0.3 is 9.88 Å². The summed E-state index contributed by atoms with van der Waals surface area (Å²) < 4.78 is 0. The number of Topliss-reactive ketones (excluding diaryl/α,β-unsaturated/α-hetero) is 1. The summed E-state index contributed by atoms with van der Waals surface area (Å²) in [6.45, 7) is 9.81. The van der Waals surface area contributed by atoms with E-state index in [0.717, 1.165) is 85.3 Å². The summed E-state index contributed by atoms with van der Waals surface area (Å²) in [5.74, 6) is 1.13. The molecule has 0 unspecified atom stereocenters. The molecule has 6 rings (SSSR count). The van der Waals surface area contributed by atoms with Crippen molar-refractivity contribution in [3.8, 4) is 17.2 Å². The largest absolute Gasteiger partial charge is 0.328 e. The Bertz CT molecular complexity index is 1630. The van der Waals surface area contributed by atoms with Crippen molar-refractivity contribution in [1.82, 2.24) is 14.9 Å². The first-order chi connectivity index (χ1) is 21.2. The fourth-order valence-electron chi connectivity index (χ4n) is 7.23. The highest BCUT2D eigenvalue weighted by molar-refractivity contribution is 6.02. The van der Waals surface area contributed by atoms with Gasteiger partial charge in [0.05, 0.1) is 11.8 Å². The standard InChI is InChI=1S/C38H44N4O2/c1-38(2,3)33-9-10-34-31(20-33)18-30-19-32(21-35(30)41-34)36(43)22-28(14-17-42-15-12-25(23-39)13-16-42)26-4-6-27(7-5-26)29-8-11-37(44)40-24-29/h4-8,11,18-19,24-25,28,33H,9-10,12-17,20-22H2,1-3H3,(H,40,44)/t28-,33-/m0/s1. The zero-order valence-electron chi connectivity index (χ0n) is 26.4. The Balaban J connectivity index is 1.18. The molecule has 1 aromatic carbocycles. The van der Waals surface area contributed by atoms with Crippen LogP contribution in [0.25, 0.3) is 17.2 Å². The second kappa shape index (κ2) is 12.7. The van der Waals surface area contributed by atoms with E-state index in [-0.39, 0.29) is 28.6 Å². The molecule has 0 amide bonds. The van der Waals surface area contributed by atoms with E-state index >= 15 is 0 Å². The molecule has 2 atom stereocenters. The number of aryl methyl sites for hydroxylation is 1. The first kappa shape index (κ1) is 30.2. The summed E-state index contributed by atoms with van der Waals surface area (Å²) >= 11 is 0. The molecule has 6 heteroatoms. The number of allylic oxidation sites excluding steroid dienone is 1. The third kappa shape index (κ3) is 6.79. The van der Waals surface area contributed by atoms with Gasteiger partial charge in [0.25, 0.3) is 0 Å². The summed E-state index contributed by atoms with van der Waals surface area (Å²) in [5.41, 5.74) is 8.99. The Hall–Kier alpha value is -3.82. The number of nitrogens with zero attached hydrogens (tertiary/aromatic N) is 3. The molecule has 0 saturated carbocycles. The number of fused-ring (bicyclic) bond motifs is 2. The molecule has 2 aliphatic carbocycles. The number of benzene rings is 1. The van der Waals surface area contributed by atoms with E-state index in [1.54, 1.807) is 12.3 Å². The average Bonchev–Trinajstić information content (AvgIpc) is 3.45. The molecule has 6 nitrogen and oxygen atoms in total. The van der Waals surface area contributed by atoms with E-state index in [0.29, 0.717) is 18.8 Å². The molecule has 44 heavy (non-hydrogen) atoms. The van der Waals surface area contributed by atoms with E-state index in [4.69, 9.17) is 4.98 Å². The van der Waals surface area contributed by atoms with Gasteiger partial charge >= 0.3 is 0 Å². The maximum Gasteiger partial charge on any atom is 0.247 e. The number of aromatic amines is 1. The van der Waals surface area contributed by atoms with Gasteiger partial charge in [0.15, 0.2) is 5.78 Å². The SMILES string of the molecule is CC(C)(C)[C@H]1CCc2nc3c(cc2C1)C=C(C(=O)C[C@H](CCN1CCC(C#N)CC1)c1ccc(-c2ccc(=O)[nH]c2)cc1)C3. The van der Waals surface area contributed by atoms with Crippen LogP contribution in [0.4, 0.5) is 0 Å². The molecule has 1 fully saturated rings. The molecule has 0 spiro atoms. The quantitative estimate of drug-likeness (QED) is 0.309. The predicted octanol–water partition coefficient (Wildman–Crippen LogP) is 6.90. The number of carbonyl (C=O) groups is 1. The predicted molar refractivity (Wildman–Crippen MR) is 175 cm³/mol. The first-order valence-corrected chi connectivity index (χ1v) is 16.3. The van der Waals surface area contributed by atoms with Gasteiger partial charge in [-0.15, -0.1) is 0 Å². The van der Waals surface area contributed by atoms with Gasteiger partial charge in [-0.25, -0.2) is 0 Å². The van der Waals surface area contributed by atoms with Gasteiger partial charge in [0, 0.05) is 42.3 Å². The number of ketones is 1. The van der Waals surface area contributed by atoms with Crippen molar-refractivity contribution in [1.29, 1.82) is 5.26 Å². The van der Waals surface area contributed by atoms with Crippen LogP contribution < -0.4 is 5.56 Å². The highest BCUT2D eigenvalue weighted by atomic mass is 16.1. The van der Waals surface area contributed by atoms with Gasteiger partial charge in [0.2, 0.25) is 5.56 Å². The number of nitriles is 1. The summed E-state index contributed by atoms with van der Waals surface area (Å²) in [6, 6.07) is 16.6. The highest BCUT2D eigenvalue weighted by Gasteiger charge is 2.31. The van der Waals surface area contributed by atoms with Crippen molar-refractivity contribution in [2.75, 3.05) is 19.6 Å². The van der Waals surface area contributed by atoms with Crippen LogP contribution in [0, 0.1) is 28.6 Å². The fraction of sp³-hybridized carbons (Fsp3) is 0.474. The fourth-order valence-corrected chi connectivity index (χ4v) is 7.23. The van der Waals surface area contributed by atoms with Crippen molar-refractivity contribution in [2.45, 2.75) is 78.1 Å². The number of piperidine rings is 1. The number of H-pyrrole nitrogens is 1. The van der Waals surface area contributed by atoms with Crippen LogP contribution in [0.5, 0.6) is 0 Å². The Kier molecular flexibility index (Phi) is 8.69. The molecule has 3 aliphatic rings. The molecule has 228 valence electrons. The van der Waals surface area contributed by atoms with Crippen molar-refractivity contribution >= 4 is 11.9 Å². The number of carbonyl (C=O) groups excluding carboxylic acids is 1. The second-order valence-corrected chi connectivity index (χ2v) is 14.2. The summed E-state index contributed by atoms with van der Waals surface area (Å²) in [4.78, 5) is 35.7. The van der Waals surface area contributed by atoms with Crippen molar-refractivity contribution < 1.29 is 4.79 Å². The minimum atomic E-state index is -0.115. The maximum absolute atomic E-state index is 13.9. The lowest BCUT2D eigenvalue weighted by molar-refractivity contribution is -0.116. The summed E-state index contributed by atoms with van der Waals surface area (Å²) in [6.07, 6.45) is 11.0. The van der Waals surface area contributed by atoms with Gasteiger partial charge in [-0.2, -0.15) is 5.26 Å². The van der Waals surface area contributed by atoms with Gasteiger partial charge in [-0.05, 0) is 121 Å². The number of hydrogen-bond acceptors (Lipinski definition) is 5. The Morgan fingerprint density at radius 3 is 2.50 bits per heavy atom. The van der Waals surface area contributed by atoms with Gasteiger partial charge in [0.1, 0.15) is 0 Å². The minimum absolute atomic E-state index is 0.0964. The van der Waals surface area contributed by atoms with E-state index in [1.807, 2.05) is 6.07 Å². The Morgan fingerprint density at radius 1 is 1.07 bits per heavy atom. The molecule has 1 N–H and O–H groups in total.